The van der Waals surface area contributed by atoms with Gasteiger partial charge in [0.2, 0.25) is 0 Å². The molecule has 1 aromatic carbocycles. The van der Waals surface area contributed by atoms with E-state index in [-0.39, 0.29) is 0 Å². The van der Waals surface area contributed by atoms with E-state index in [9.17, 15) is 0 Å². The van der Waals surface area contributed by atoms with Crippen LogP contribution in [0.3, 0.4) is 0 Å². The number of aromatic nitrogens is 3. The Hall–Kier alpha value is -1.72. The van der Waals surface area contributed by atoms with Gasteiger partial charge in [-0.2, -0.15) is 12.6 Å². The zero-order valence-electron chi connectivity index (χ0n) is 11.8. The number of halogens is 1. The topological polar surface area (TPSA) is 44.8 Å². The SMILES string of the molecule is SCC1CN(c2cc(-c3nc4ccccc4[nH]3)c(Cl)cn2)C1. The summed E-state index contributed by atoms with van der Waals surface area (Å²) >= 11 is 10.7. The Morgan fingerprint density at radius 3 is 2.91 bits per heavy atom. The molecule has 1 N–H and O–H groups in total. The summed E-state index contributed by atoms with van der Waals surface area (Å²) in [7, 11) is 0. The first-order valence-electron chi connectivity index (χ1n) is 7.21. The van der Waals surface area contributed by atoms with Gasteiger partial charge in [0.1, 0.15) is 11.6 Å². The van der Waals surface area contributed by atoms with Crippen molar-refractivity contribution in [3.05, 3.63) is 41.6 Å². The fourth-order valence-corrected chi connectivity index (χ4v) is 3.16. The van der Waals surface area contributed by atoms with Crippen LogP contribution in [0.15, 0.2) is 36.5 Å². The Bertz CT molecular complexity index is 793. The van der Waals surface area contributed by atoms with E-state index in [2.05, 4.69) is 32.5 Å². The van der Waals surface area contributed by atoms with Crippen LogP contribution in [0.5, 0.6) is 0 Å². The van der Waals surface area contributed by atoms with E-state index < -0.39 is 0 Å². The molecular weight excluding hydrogens is 316 g/mol. The summed E-state index contributed by atoms with van der Waals surface area (Å²) < 4.78 is 0. The minimum atomic E-state index is 0.606. The number of nitrogens with one attached hydrogen (secondary N) is 1. The predicted molar refractivity (Wildman–Crippen MR) is 93.9 cm³/mol. The lowest BCUT2D eigenvalue weighted by Gasteiger charge is -2.39. The second kappa shape index (κ2) is 5.48. The van der Waals surface area contributed by atoms with Gasteiger partial charge >= 0.3 is 0 Å². The van der Waals surface area contributed by atoms with Crippen molar-refractivity contribution in [2.75, 3.05) is 23.7 Å². The van der Waals surface area contributed by atoms with Gasteiger partial charge in [0, 0.05) is 30.8 Å². The Kier molecular flexibility index (Phi) is 3.47. The van der Waals surface area contributed by atoms with Crippen molar-refractivity contribution in [1.29, 1.82) is 0 Å². The summed E-state index contributed by atoms with van der Waals surface area (Å²) in [6.07, 6.45) is 1.70. The number of hydrogen-bond donors (Lipinski definition) is 2. The van der Waals surface area contributed by atoms with Crippen LogP contribution in [-0.2, 0) is 0 Å². The first-order valence-corrected chi connectivity index (χ1v) is 8.22. The van der Waals surface area contributed by atoms with Crippen molar-refractivity contribution in [2.45, 2.75) is 0 Å². The minimum Gasteiger partial charge on any atom is -0.356 e. The summed E-state index contributed by atoms with van der Waals surface area (Å²) in [5.41, 5.74) is 2.83. The number of hydrogen-bond acceptors (Lipinski definition) is 4. The average Bonchev–Trinajstić information content (AvgIpc) is 2.91. The molecule has 112 valence electrons. The highest BCUT2D eigenvalue weighted by molar-refractivity contribution is 7.80. The zero-order valence-corrected chi connectivity index (χ0v) is 13.5. The minimum absolute atomic E-state index is 0.606. The highest BCUT2D eigenvalue weighted by atomic mass is 35.5. The molecule has 1 aliphatic rings. The van der Waals surface area contributed by atoms with Crippen molar-refractivity contribution in [2.24, 2.45) is 5.92 Å². The first kappa shape index (κ1) is 13.9. The molecule has 1 fully saturated rings. The van der Waals surface area contributed by atoms with Crippen LogP contribution in [0.2, 0.25) is 5.02 Å². The summed E-state index contributed by atoms with van der Waals surface area (Å²) in [4.78, 5) is 14.6. The maximum Gasteiger partial charge on any atom is 0.140 e. The number of para-hydroxylation sites is 2. The van der Waals surface area contributed by atoms with Crippen molar-refractivity contribution in [3.63, 3.8) is 0 Å². The van der Waals surface area contributed by atoms with Crippen molar-refractivity contribution < 1.29 is 0 Å². The van der Waals surface area contributed by atoms with E-state index in [1.54, 1.807) is 6.20 Å². The molecule has 1 saturated heterocycles. The van der Waals surface area contributed by atoms with Crippen LogP contribution in [0.1, 0.15) is 0 Å². The van der Waals surface area contributed by atoms with Gasteiger partial charge in [0.25, 0.3) is 0 Å². The van der Waals surface area contributed by atoms with Crippen LogP contribution in [0.4, 0.5) is 5.82 Å². The van der Waals surface area contributed by atoms with Gasteiger partial charge in [-0.25, -0.2) is 9.97 Å². The maximum atomic E-state index is 6.33. The first-order chi connectivity index (χ1) is 10.7. The van der Waals surface area contributed by atoms with E-state index >= 15 is 0 Å². The molecule has 3 heterocycles. The number of imidazole rings is 1. The largest absolute Gasteiger partial charge is 0.356 e. The molecule has 0 bridgehead atoms. The van der Waals surface area contributed by atoms with Gasteiger partial charge in [-0.1, -0.05) is 23.7 Å². The van der Waals surface area contributed by atoms with E-state index in [0.717, 1.165) is 47.1 Å². The molecular formula is C16H15ClN4S. The molecule has 0 unspecified atom stereocenters. The van der Waals surface area contributed by atoms with Gasteiger partial charge in [0.05, 0.1) is 16.1 Å². The third-order valence-electron chi connectivity index (χ3n) is 4.02. The van der Waals surface area contributed by atoms with E-state index in [4.69, 9.17) is 11.6 Å². The van der Waals surface area contributed by atoms with Gasteiger partial charge < -0.3 is 9.88 Å². The smallest absolute Gasteiger partial charge is 0.140 e. The maximum absolute atomic E-state index is 6.33. The predicted octanol–water partition coefficient (Wildman–Crippen LogP) is 3.64. The lowest BCUT2D eigenvalue weighted by molar-refractivity contribution is 0.452. The third kappa shape index (κ3) is 2.34. The van der Waals surface area contributed by atoms with Crippen molar-refractivity contribution in [1.82, 2.24) is 15.0 Å². The summed E-state index contributed by atoms with van der Waals surface area (Å²) in [5, 5.41) is 0.606. The summed E-state index contributed by atoms with van der Waals surface area (Å²) in [5.74, 6) is 3.29. The van der Waals surface area contributed by atoms with Crippen LogP contribution in [0, 0.1) is 5.92 Å². The number of rotatable bonds is 3. The number of thiol groups is 1. The second-order valence-electron chi connectivity index (χ2n) is 5.58. The molecule has 4 nitrogen and oxygen atoms in total. The van der Waals surface area contributed by atoms with Gasteiger partial charge in [0.15, 0.2) is 0 Å². The van der Waals surface area contributed by atoms with E-state index in [1.807, 2.05) is 30.3 Å². The number of H-pyrrole nitrogens is 1. The Morgan fingerprint density at radius 1 is 1.32 bits per heavy atom. The number of fused-ring (bicyclic) bond motifs is 1. The normalized spacial score (nSPS) is 15.3. The van der Waals surface area contributed by atoms with Crippen LogP contribution >= 0.6 is 24.2 Å². The lowest BCUT2D eigenvalue weighted by Crippen LogP contribution is -2.48. The van der Waals surface area contributed by atoms with Crippen LogP contribution in [-0.4, -0.2) is 33.8 Å². The molecule has 0 radical (unpaired) electrons. The third-order valence-corrected chi connectivity index (χ3v) is 4.84. The molecule has 2 aromatic heterocycles. The highest BCUT2D eigenvalue weighted by Gasteiger charge is 2.27. The Balaban J connectivity index is 1.71. The summed E-state index contributed by atoms with van der Waals surface area (Å²) in [6.45, 7) is 2.00. The summed E-state index contributed by atoms with van der Waals surface area (Å²) in [6, 6.07) is 9.97. The number of anilines is 1. The second-order valence-corrected chi connectivity index (χ2v) is 6.35. The Morgan fingerprint density at radius 2 is 2.14 bits per heavy atom. The Labute approximate surface area is 138 Å². The number of benzene rings is 1. The average molecular weight is 331 g/mol. The van der Waals surface area contributed by atoms with Gasteiger partial charge in [-0.05, 0) is 24.0 Å². The van der Waals surface area contributed by atoms with Crippen LogP contribution in [0.25, 0.3) is 22.4 Å². The molecule has 0 saturated carbocycles. The van der Waals surface area contributed by atoms with Crippen LogP contribution < -0.4 is 4.90 Å². The fourth-order valence-electron chi connectivity index (χ4n) is 2.73. The molecule has 0 amide bonds. The molecule has 0 aliphatic carbocycles. The number of aromatic amines is 1. The fraction of sp³-hybridized carbons (Fsp3) is 0.250. The highest BCUT2D eigenvalue weighted by Crippen LogP contribution is 2.32. The van der Waals surface area contributed by atoms with Crippen molar-refractivity contribution in [3.8, 4) is 11.4 Å². The van der Waals surface area contributed by atoms with Gasteiger partial charge in [-0.15, -0.1) is 0 Å². The zero-order chi connectivity index (χ0) is 15.1. The molecule has 1 aliphatic heterocycles. The van der Waals surface area contributed by atoms with E-state index in [0.29, 0.717) is 10.9 Å². The molecule has 3 aromatic rings. The molecule has 6 heteroatoms. The lowest BCUT2D eigenvalue weighted by atomic mass is 10.0. The van der Waals surface area contributed by atoms with Crippen molar-refractivity contribution >= 4 is 41.1 Å². The molecule has 4 rings (SSSR count). The molecule has 0 atom stereocenters. The number of pyridine rings is 1. The quantitative estimate of drug-likeness (QED) is 0.721. The molecule has 0 spiro atoms. The molecule has 22 heavy (non-hydrogen) atoms. The van der Waals surface area contributed by atoms with E-state index in [1.165, 1.54) is 0 Å². The monoisotopic (exact) mass is 330 g/mol. The number of nitrogens with zero attached hydrogens (tertiary/aromatic N) is 3. The van der Waals surface area contributed by atoms with Gasteiger partial charge in [-0.3, -0.25) is 0 Å². The standard InChI is InChI=1S/C16H15ClN4S/c17-12-6-18-15(21-7-10(8-21)9-22)5-11(12)16-19-13-3-1-2-4-14(13)20-16/h1-6,10,22H,7-9H2,(H,19,20).